The molecule has 0 atom stereocenters. The summed E-state index contributed by atoms with van der Waals surface area (Å²) in [5.74, 6) is -0.125. The van der Waals surface area contributed by atoms with Crippen molar-refractivity contribution in [2.45, 2.75) is 39.7 Å². The minimum atomic E-state index is -0.125. The molecule has 0 bridgehead atoms. The molecule has 0 aliphatic rings. The Morgan fingerprint density at radius 2 is 2.33 bits per heavy atom. The third-order valence-electron chi connectivity index (χ3n) is 2.13. The Morgan fingerprint density at radius 3 is 2.93 bits per heavy atom. The zero-order chi connectivity index (χ0) is 11.1. The van der Waals surface area contributed by atoms with Crippen LogP contribution in [0.25, 0.3) is 0 Å². The monoisotopic (exact) mass is 210 g/mol. The zero-order valence-corrected chi connectivity index (χ0v) is 9.40. The van der Waals surface area contributed by atoms with Crippen molar-refractivity contribution in [2.75, 3.05) is 6.61 Å². The number of rotatable bonds is 6. The lowest BCUT2D eigenvalue weighted by atomic mass is 10.3. The molecule has 0 amide bonds. The van der Waals surface area contributed by atoms with Gasteiger partial charge in [0.25, 0.3) is 0 Å². The number of hydrogen-bond donors (Lipinski definition) is 0. The molecular formula is C11H18N2O2. The Hall–Kier alpha value is -1.32. The summed E-state index contributed by atoms with van der Waals surface area (Å²) in [5.41, 5.74) is 1.09. The minimum Gasteiger partial charge on any atom is -0.466 e. The van der Waals surface area contributed by atoms with Gasteiger partial charge < -0.3 is 4.74 Å². The molecule has 0 N–H and O–H groups in total. The van der Waals surface area contributed by atoms with E-state index >= 15 is 0 Å². The third-order valence-corrected chi connectivity index (χ3v) is 2.13. The van der Waals surface area contributed by atoms with E-state index in [0.717, 1.165) is 25.1 Å². The molecule has 0 saturated carbocycles. The number of carbonyl (C=O) groups excluding carboxylic acids is 1. The summed E-state index contributed by atoms with van der Waals surface area (Å²) < 4.78 is 6.71. The van der Waals surface area contributed by atoms with Gasteiger partial charge in [-0.15, -0.1) is 0 Å². The third kappa shape index (κ3) is 4.14. The molecule has 0 unspecified atom stereocenters. The largest absolute Gasteiger partial charge is 0.466 e. The van der Waals surface area contributed by atoms with Crippen LogP contribution in [0.2, 0.25) is 0 Å². The van der Waals surface area contributed by atoms with E-state index in [1.807, 2.05) is 23.9 Å². The molecule has 0 fully saturated rings. The summed E-state index contributed by atoms with van der Waals surface area (Å²) in [4.78, 5) is 11.0. The highest BCUT2D eigenvalue weighted by molar-refractivity contribution is 5.69. The van der Waals surface area contributed by atoms with Gasteiger partial charge in [-0.2, -0.15) is 5.10 Å². The molecule has 1 aromatic rings. The molecule has 0 saturated heterocycles. The highest BCUT2D eigenvalue weighted by Crippen LogP contribution is 2.00. The first-order chi connectivity index (χ1) is 7.26. The van der Waals surface area contributed by atoms with Crippen LogP contribution >= 0.6 is 0 Å². The van der Waals surface area contributed by atoms with Crippen molar-refractivity contribution in [3.8, 4) is 0 Å². The second-order valence-corrected chi connectivity index (χ2v) is 3.33. The number of aryl methyl sites for hydroxylation is 2. The lowest BCUT2D eigenvalue weighted by Crippen LogP contribution is -2.06. The van der Waals surface area contributed by atoms with Gasteiger partial charge in [0, 0.05) is 19.2 Å². The summed E-state index contributed by atoms with van der Waals surface area (Å²) in [7, 11) is 0. The molecular weight excluding hydrogens is 192 g/mol. The fraction of sp³-hybridized carbons (Fsp3) is 0.636. The first kappa shape index (κ1) is 11.8. The first-order valence-electron chi connectivity index (χ1n) is 5.44. The van der Waals surface area contributed by atoms with E-state index < -0.39 is 0 Å². The maximum Gasteiger partial charge on any atom is 0.305 e. The van der Waals surface area contributed by atoms with E-state index in [1.54, 1.807) is 0 Å². The van der Waals surface area contributed by atoms with Crippen molar-refractivity contribution < 1.29 is 9.53 Å². The van der Waals surface area contributed by atoms with Crippen LogP contribution in [0.15, 0.2) is 12.3 Å². The van der Waals surface area contributed by atoms with Crippen molar-refractivity contribution in [1.29, 1.82) is 0 Å². The summed E-state index contributed by atoms with van der Waals surface area (Å²) in [6.45, 7) is 5.13. The van der Waals surface area contributed by atoms with E-state index in [1.165, 1.54) is 0 Å². The van der Waals surface area contributed by atoms with Crippen LogP contribution in [0.4, 0.5) is 0 Å². The van der Waals surface area contributed by atoms with Gasteiger partial charge in [0.2, 0.25) is 0 Å². The Balaban J connectivity index is 2.22. The number of ether oxygens (including phenoxy) is 1. The molecule has 4 nitrogen and oxygen atoms in total. The molecule has 0 aromatic carbocycles. The van der Waals surface area contributed by atoms with Crippen LogP contribution in [0.3, 0.4) is 0 Å². The predicted octanol–water partition coefficient (Wildman–Crippen LogP) is 1.79. The fourth-order valence-corrected chi connectivity index (χ4v) is 1.34. The molecule has 84 valence electrons. The topological polar surface area (TPSA) is 44.1 Å². The normalized spacial score (nSPS) is 10.3. The Bertz CT molecular complexity index is 307. The number of carbonyl (C=O) groups is 1. The molecule has 0 spiro atoms. The fourth-order valence-electron chi connectivity index (χ4n) is 1.34. The van der Waals surface area contributed by atoms with Gasteiger partial charge in [0.05, 0.1) is 12.3 Å². The SMILES string of the molecule is CCOC(=O)CCCn1ccc(CC)n1. The summed E-state index contributed by atoms with van der Waals surface area (Å²) in [5, 5.41) is 4.34. The summed E-state index contributed by atoms with van der Waals surface area (Å²) in [6.07, 6.45) is 4.15. The van der Waals surface area contributed by atoms with Gasteiger partial charge in [-0.3, -0.25) is 9.48 Å². The highest BCUT2D eigenvalue weighted by atomic mass is 16.5. The van der Waals surface area contributed by atoms with Crippen molar-refractivity contribution >= 4 is 5.97 Å². The van der Waals surface area contributed by atoms with Crippen LogP contribution in [-0.2, 0) is 22.5 Å². The lowest BCUT2D eigenvalue weighted by Gasteiger charge is -2.02. The van der Waals surface area contributed by atoms with Crippen LogP contribution < -0.4 is 0 Å². The molecule has 1 rings (SSSR count). The van der Waals surface area contributed by atoms with Gasteiger partial charge >= 0.3 is 5.97 Å². The number of aromatic nitrogens is 2. The standard InChI is InChI=1S/C11H18N2O2/c1-3-10-7-9-13(12-10)8-5-6-11(14)15-4-2/h7,9H,3-6,8H2,1-2H3. The zero-order valence-electron chi connectivity index (χ0n) is 9.40. The average molecular weight is 210 g/mol. The molecule has 15 heavy (non-hydrogen) atoms. The molecule has 4 heteroatoms. The quantitative estimate of drug-likeness (QED) is 0.672. The molecule has 1 aromatic heterocycles. The summed E-state index contributed by atoms with van der Waals surface area (Å²) >= 11 is 0. The van der Waals surface area contributed by atoms with Crippen LogP contribution in [0.1, 0.15) is 32.4 Å². The number of hydrogen-bond acceptors (Lipinski definition) is 3. The van der Waals surface area contributed by atoms with Gasteiger partial charge in [0.1, 0.15) is 0 Å². The van der Waals surface area contributed by atoms with Crippen molar-refractivity contribution in [2.24, 2.45) is 0 Å². The molecule has 0 aliphatic heterocycles. The maximum atomic E-state index is 11.0. The molecule has 0 radical (unpaired) electrons. The maximum absolute atomic E-state index is 11.0. The Morgan fingerprint density at radius 1 is 1.53 bits per heavy atom. The molecule has 1 heterocycles. The van der Waals surface area contributed by atoms with Crippen LogP contribution in [-0.4, -0.2) is 22.4 Å². The van der Waals surface area contributed by atoms with Gasteiger partial charge in [-0.25, -0.2) is 0 Å². The summed E-state index contributed by atoms with van der Waals surface area (Å²) in [6, 6.07) is 2.00. The van der Waals surface area contributed by atoms with E-state index in [4.69, 9.17) is 4.74 Å². The lowest BCUT2D eigenvalue weighted by molar-refractivity contribution is -0.143. The number of nitrogens with zero attached hydrogens (tertiary/aromatic N) is 2. The Kier molecular flexibility index (Phi) is 4.87. The first-order valence-corrected chi connectivity index (χ1v) is 5.44. The van der Waals surface area contributed by atoms with Crippen LogP contribution in [0.5, 0.6) is 0 Å². The van der Waals surface area contributed by atoms with E-state index in [0.29, 0.717) is 13.0 Å². The van der Waals surface area contributed by atoms with Gasteiger partial charge in [-0.05, 0) is 25.8 Å². The average Bonchev–Trinajstić information content (AvgIpc) is 2.66. The highest BCUT2D eigenvalue weighted by Gasteiger charge is 2.02. The second kappa shape index (κ2) is 6.22. The minimum absolute atomic E-state index is 0.125. The van der Waals surface area contributed by atoms with Gasteiger partial charge in [-0.1, -0.05) is 6.92 Å². The van der Waals surface area contributed by atoms with E-state index in [-0.39, 0.29) is 5.97 Å². The smallest absolute Gasteiger partial charge is 0.305 e. The van der Waals surface area contributed by atoms with Crippen molar-refractivity contribution in [3.63, 3.8) is 0 Å². The molecule has 0 aliphatic carbocycles. The number of esters is 1. The van der Waals surface area contributed by atoms with E-state index in [9.17, 15) is 4.79 Å². The van der Waals surface area contributed by atoms with Gasteiger partial charge in [0.15, 0.2) is 0 Å². The Labute approximate surface area is 90.2 Å². The van der Waals surface area contributed by atoms with Crippen molar-refractivity contribution in [3.05, 3.63) is 18.0 Å². The predicted molar refractivity (Wildman–Crippen MR) is 57.5 cm³/mol. The second-order valence-electron chi connectivity index (χ2n) is 3.33. The van der Waals surface area contributed by atoms with E-state index in [2.05, 4.69) is 12.0 Å². The van der Waals surface area contributed by atoms with Crippen LogP contribution in [0, 0.1) is 0 Å². The van der Waals surface area contributed by atoms with Crippen molar-refractivity contribution in [1.82, 2.24) is 9.78 Å².